The van der Waals surface area contributed by atoms with Crippen LogP contribution in [0.4, 0.5) is 0 Å². The molecule has 1 heterocycles. The number of benzene rings is 4. The number of esters is 1. The zero-order valence-corrected chi connectivity index (χ0v) is 23.8. The molecule has 0 fully saturated rings. The molecule has 7 heteroatoms. The van der Waals surface area contributed by atoms with Crippen molar-refractivity contribution in [3.8, 4) is 11.5 Å². The number of rotatable bonds is 6. The second-order valence-electron chi connectivity index (χ2n) is 9.76. The molecule has 0 amide bonds. The number of ether oxygens (including phenoxy) is 3. The summed E-state index contributed by atoms with van der Waals surface area (Å²) < 4.78 is 17.8. The molecule has 200 valence electrons. The molecule has 4 aromatic rings. The lowest BCUT2D eigenvalue weighted by Gasteiger charge is -2.29. The van der Waals surface area contributed by atoms with Crippen molar-refractivity contribution in [2.45, 2.75) is 19.4 Å². The van der Waals surface area contributed by atoms with Gasteiger partial charge >= 0.3 is 5.97 Å². The van der Waals surface area contributed by atoms with Crippen molar-refractivity contribution in [1.82, 2.24) is 5.32 Å². The lowest BCUT2D eigenvalue weighted by atomic mass is 9.79. The molecule has 1 atom stereocenters. The highest BCUT2D eigenvalue weighted by molar-refractivity contribution is 9.10. The Morgan fingerprint density at radius 2 is 1.65 bits per heavy atom. The number of ketones is 1. The van der Waals surface area contributed by atoms with E-state index in [1.165, 1.54) is 12.5 Å². The third-order valence-corrected chi connectivity index (χ3v) is 8.03. The average molecular weight is 596 g/mol. The van der Waals surface area contributed by atoms with Crippen LogP contribution in [0.5, 0.6) is 11.5 Å². The Morgan fingerprint density at radius 1 is 0.925 bits per heavy atom. The second-order valence-corrected chi connectivity index (χ2v) is 10.6. The lowest BCUT2D eigenvalue weighted by molar-refractivity contribution is -0.136. The smallest absolute Gasteiger partial charge is 0.336 e. The minimum absolute atomic E-state index is 0.122. The van der Waals surface area contributed by atoms with Crippen molar-refractivity contribution < 1.29 is 23.8 Å². The van der Waals surface area contributed by atoms with Gasteiger partial charge in [-0.1, -0.05) is 60.7 Å². The molecule has 0 aromatic heterocycles. The lowest BCUT2D eigenvalue weighted by Crippen LogP contribution is -2.29. The number of dihydropyridines is 1. The van der Waals surface area contributed by atoms with Crippen molar-refractivity contribution in [2.24, 2.45) is 0 Å². The van der Waals surface area contributed by atoms with Crippen LogP contribution in [0.2, 0.25) is 0 Å². The molecule has 6 rings (SSSR count). The summed E-state index contributed by atoms with van der Waals surface area (Å²) >= 11 is 3.67. The minimum atomic E-state index is -0.664. The Hall–Kier alpha value is -4.36. The van der Waals surface area contributed by atoms with Gasteiger partial charge in [0.15, 0.2) is 17.3 Å². The van der Waals surface area contributed by atoms with Crippen LogP contribution in [0.15, 0.2) is 100 Å². The van der Waals surface area contributed by atoms with E-state index in [9.17, 15) is 9.59 Å². The van der Waals surface area contributed by atoms with Crippen LogP contribution in [0.3, 0.4) is 0 Å². The fraction of sp³-hybridized carbons (Fsp3) is 0.152. The maximum absolute atomic E-state index is 13.7. The second kappa shape index (κ2) is 10.3. The largest absolute Gasteiger partial charge is 0.493 e. The van der Waals surface area contributed by atoms with Gasteiger partial charge in [-0.05, 0) is 63.0 Å². The van der Waals surface area contributed by atoms with Crippen LogP contribution < -0.4 is 14.8 Å². The third-order valence-electron chi connectivity index (χ3n) is 7.44. The first-order valence-corrected chi connectivity index (χ1v) is 13.6. The molecule has 0 saturated heterocycles. The van der Waals surface area contributed by atoms with E-state index in [0.717, 1.165) is 16.5 Å². The van der Waals surface area contributed by atoms with E-state index in [1.807, 2.05) is 61.5 Å². The fourth-order valence-electron chi connectivity index (χ4n) is 5.57. The number of Topliss-reactive ketones (excluding diaryl/α,β-unsaturated/α-hetero) is 1. The third kappa shape index (κ3) is 4.27. The van der Waals surface area contributed by atoms with Crippen molar-refractivity contribution in [1.29, 1.82) is 0 Å². The summed E-state index contributed by atoms with van der Waals surface area (Å²) in [7, 11) is 2.91. The Morgan fingerprint density at radius 3 is 2.40 bits per heavy atom. The van der Waals surface area contributed by atoms with Crippen LogP contribution in [0.1, 0.15) is 39.9 Å². The van der Waals surface area contributed by atoms with Crippen LogP contribution in [0.25, 0.3) is 16.5 Å². The van der Waals surface area contributed by atoms with Crippen LogP contribution >= 0.6 is 15.9 Å². The summed E-state index contributed by atoms with van der Waals surface area (Å²) in [6.07, 6.45) is 0. The van der Waals surface area contributed by atoms with Crippen molar-refractivity contribution in [3.63, 3.8) is 0 Å². The molecule has 0 saturated carbocycles. The average Bonchev–Trinajstić information content (AvgIpc) is 3.26. The molecule has 0 spiro atoms. The summed E-state index contributed by atoms with van der Waals surface area (Å²) in [5.41, 5.74) is 5.37. The number of carbonyl (C=O) groups excluding carboxylic acids is 2. The standard InChI is InChI=1S/C33H26BrNO5/c1-18-27(33(37)39-3)28(29-30(35-18)23-10-6-7-11-24(23)31(29)36)22-15-25(34)32(26(16-22)38-2)40-17-19-12-13-20-8-4-5-9-21(20)14-19/h4-16,28,35H,17H2,1-3H3/t28-/m0/s1. The molecule has 0 bridgehead atoms. The first kappa shape index (κ1) is 25.9. The molecule has 1 aliphatic carbocycles. The zero-order chi connectivity index (χ0) is 28.0. The van der Waals surface area contributed by atoms with E-state index in [2.05, 4.69) is 45.5 Å². The number of allylic oxidation sites excluding steroid dienone is 2. The van der Waals surface area contributed by atoms with E-state index in [4.69, 9.17) is 14.2 Å². The maximum Gasteiger partial charge on any atom is 0.336 e. The number of halogens is 1. The predicted molar refractivity (Wildman–Crippen MR) is 157 cm³/mol. The molecule has 40 heavy (non-hydrogen) atoms. The molecule has 4 aromatic carbocycles. The number of hydrogen-bond donors (Lipinski definition) is 1. The summed E-state index contributed by atoms with van der Waals surface area (Å²) in [5.74, 6) is -0.274. The fourth-order valence-corrected chi connectivity index (χ4v) is 6.15. The Bertz CT molecular complexity index is 1770. The van der Waals surface area contributed by atoms with Gasteiger partial charge in [0.1, 0.15) is 6.61 Å². The number of carbonyl (C=O) groups is 2. The predicted octanol–water partition coefficient (Wildman–Crippen LogP) is 6.93. The first-order valence-electron chi connectivity index (χ1n) is 12.8. The highest BCUT2D eigenvalue weighted by Gasteiger charge is 2.43. The van der Waals surface area contributed by atoms with Gasteiger partial charge in [0.05, 0.1) is 30.0 Å². The highest BCUT2D eigenvalue weighted by Crippen LogP contribution is 2.49. The number of methoxy groups -OCH3 is 2. The van der Waals surface area contributed by atoms with Gasteiger partial charge in [-0.3, -0.25) is 4.79 Å². The Kier molecular flexibility index (Phi) is 6.68. The summed E-state index contributed by atoms with van der Waals surface area (Å²) in [6, 6.07) is 25.6. The van der Waals surface area contributed by atoms with Crippen LogP contribution in [-0.2, 0) is 16.1 Å². The normalized spacial score (nSPS) is 16.0. The topological polar surface area (TPSA) is 73.9 Å². The SMILES string of the molecule is COC(=O)C1=C(C)NC2=C(C(=O)c3ccccc32)[C@H]1c1cc(Br)c(OCc2ccc3ccccc3c2)c(OC)c1. The summed E-state index contributed by atoms with van der Waals surface area (Å²) in [5, 5.41) is 5.61. The molecule has 0 radical (unpaired) electrons. The van der Waals surface area contributed by atoms with E-state index < -0.39 is 11.9 Å². The summed E-state index contributed by atoms with van der Waals surface area (Å²) in [6.45, 7) is 2.16. The van der Waals surface area contributed by atoms with Crippen molar-refractivity contribution >= 4 is 44.2 Å². The molecule has 1 N–H and O–H groups in total. The van der Waals surface area contributed by atoms with Crippen LogP contribution in [-0.4, -0.2) is 26.0 Å². The Labute approximate surface area is 240 Å². The van der Waals surface area contributed by atoms with Crippen molar-refractivity contribution in [2.75, 3.05) is 14.2 Å². The quantitative estimate of drug-likeness (QED) is 0.244. The zero-order valence-electron chi connectivity index (χ0n) is 22.2. The minimum Gasteiger partial charge on any atom is -0.493 e. The van der Waals surface area contributed by atoms with Gasteiger partial charge in [0, 0.05) is 28.3 Å². The van der Waals surface area contributed by atoms with E-state index in [1.54, 1.807) is 7.11 Å². The van der Waals surface area contributed by atoms with E-state index in [-0.39, 0.29) is 5.78 Å². The van der Waals surface area contributed by atoms with E-state index in [0.29, 0.717) is 56.2 Å². The van der Waals surface area contributed by atoms with Crippen molar-refractivity contribution in [3.05, 3.63) is 122 Å². The Balaban J connectivity index is 1.41. The van der Waals surface area contributed by atoms with Crippen LogP contribution in [0, 0.1) is 0 Å². The molecule has 2 aliphatic rings. The van der Waals surface area contributed by atoms with Gasteiger partial charge in [-0.15, -0.1) is 0 Å². The number of hydrogen-bond acceptors (Lipinski definition) is 6. The highest BCUT2D eigenvalue weighted by atomic mass is 79.9. The number of nitrogens with one attached hydrogen (secondary N) is 1. The molecular weight excluding hydrogens is 570 g/mol. The maximum atomic E-state index is 13.7. The number of fused-ring (bicyclic) bond motifs is 3. The van der Waals surface area contributed by atoms with Gasteiger partial charge in [0.2, 0.25) is 0 Å². The molecular formula is C33H26BrNO5. The van der Waals surface area contributed by atoms with E-state index >= 15 is 0 Å². The first-order chi connectivity index (χ1) is 19.4. The van der Waals surface area contributed by atoms with Gasteiger partial charge in [0.25, 0.3) is 0 Å². The molecule has 1 aliphatic heterocycles. The molecule has 6 nitrogen and oxygen atoms in total. The van der Waals surface area contributed by atoms with Gasteiger partial charge < -0.3 is 19.5 Å². The molecule has 0 unspecified atom stereocenters. The van der Waals surface area contributed by atoms with Gasteiger partial charge in [-0.2, -0.15) is 0 Å². The monoisotopic (exact) mass is 595 g/mol. The summed E-state index contributed by atoms with van der Waals surface area (Å²) in [4.78, 5) is 26.8. The van der Waals surface area contributed by atoms with Gasteiger partial charge in [-0.25, -0.2) is 4.79 Å².